The predicted octanol–water partition coefficient (Wildman–Crippen LogP) is 1.23. The third-order valence-electron chi connectivity index (χ3n) is 3.36. The summed E-state index contributed by atoms with van der Waals surface area (Å²) in [4.78, 5) is 18.5. The van der Waals surface area contributed by atoms with Crippen molar-refractivity contribution in [1.82, 2.24) is 15.2 Å². The summed E-state index contributed by atoms with van der Waals surface area (Å²) in [5.41, 5.74) is 2.59. The van der Waals surface area contributed by atoms with Gasteiger partial charge in [-0.15, -0.1) is 0 Å². The molecule has 1 aromatic heterocycles. The number of hydrogen-bond donors (Lipinski definition) is 3. The zero-order valence-electron chi connectivity index (χ0n) is 11.5. The van der Waals surface area contributed by atoms with E-state index in [1.54, 1.807) is 12.1 Å². The first kappa shape index (κ1) is 15.0. The first-order chi connectivity index (χ1) is 9.65. The molecular weight excluding hydrogens is 278 g/mol. The van der Waals surface area contributed by atoms with Crippen molar-refractivity contribution in [3.63, 3.8) is 0 Å². The highest BCUT2D eigenvalue weighted by atomic mass is 35.5. The molecule has 0 saturated heterocycles. The van der Waals surface area contributed by atoms with Crippen LogP contribution in [0.1, 0.15) is 30.3 Å². The number of nitrogens with two attached hydrogens (primary N) is 1. The van der Waals surface area contributed by atoms with Crippen LogP contribution in [0.2, 0.25) is 5.02 Å². The highest BCUT2D eigenvalue weighted by Crippen LogP contribution is 2.25. The van der Waals surface area contributed by atoms with Gasteiger partial charge in [-0.25, -0.2) is 10.8 Å². The van der Waals surface area contributed by atoms with Crippen LogP contribution in [0.4, 0.5) is 5.82 Å². The van der Waals surface area contributed by atoms with Crippen molar-refractivity contribution in [2.24, 2.45) is 5.84 Å². The normalized spacial score (nSPS) is 14.4. The molecule has 0 atom stereocenters. The summed E-state index contributed by atoms with van der Waals surface area (Å²) in [5, 5.41) is 3.16. The van der Waals surface area contributed by atoms with E-state index in [4.69, 9.17) is 17.4 Å². The minimum atomic E-state index is -0.279. The van der Waals surface area contributed by atoms with Crippen molar-refractivity contribution in [3.8, 4) is 0 Å². The third kappa shape index (κ3) is 3.82. The number of carbonyl (C=O) groups is 1. The average molecular weight is 298 g/mol. The van der Waals surface area contributed by atoms with E-state index in [-0.39, 0.29) is 11.6 Å². The van der Waals surface area contributed by atoms with Gasteiger partial charge in [0.2, 0.25) is 0 Å². The molecule has 1 aromatic rings. The van der Waals surface area contributed by atoms with Crippen molar-refractivity contribution in [1.29, 1.82) is 0 Å². The first-order valence-electron chi connectivity index (χ1n) is 6.81. The van der Waals surface area contributed by atoms with Crippen LogP contribution in [-0.4, -0.2) is 41.5 Å². The fourth-order valence-electron chi connectivity index (χ4n) is 2.12. The van der Waals surface area contributed by atoms with Crippen LogP contribution in [-0.2, 0) is 0 Å². The lowest BCUT2D eigenvalue weighted by Gasteiger charge is -2.19. The minimum Gasteiger partial charge on any atom is -0.349 e. The lowest BCUT2D eigenvalue weighted by atomic mass is 10.3. The Balaban J connectivity index is 1.87. The summed E-state index contributed by atoms with van der Waals surface area (Å²) in [6, 6.07) is 3.91. The molecular formula is C13H20ClN5O. The Morgan fingerprint density at radius 3 is 2.90 bits per heavy atom. The second-order valence-corrected chi connectivity index (χ2v) is 5.19. The van der Waals surface area contributed by atoms with Crippen molar-refractivity contribution in [2.75, 3.05) is 25.1 Å². The van der Waals surface area contributed by atoms with Crippen LogP contribution < -0.4 is 16.6 Å². The van der Waals surface area contributed by atoms with E-state index in [2.05, 4.69) is 27.6 Å². The van der Waals surface area contributed by atoms with Crippen molar-refractivity contribution >= 4 is 23.3 Å². The molecule has 2 rings (SSSR count). The van der Waals surface area contributed by atoms with E-state index >= 15 is 0 Å². The van der Waals surface area contributed by atoms with Crippen LogP contribution >= 0.6 is 11.6 Å². The molecule has 4 N–H and O–H groups in total. The molecule has 1 saturated carbocycles. The van der Waals surface area contributed by atoms with E-state index in [0.29, 0.717) is 23.4 Å². The monoisotopic (exact) mass is 297 g/mol. The second-order valence-electron chi connectivity index (χ2n) is 4.79. The molecule has 110 valence electrons. The molecule has 1 amide bonds. The van der Waals surface area contributed by atoms with Gasteiger partial charge in [0, 0.05) is 19.1 Å². The average Bonchev–Trinajstić information content (AvgIpc) is 3.28. The number of aromatic nitrogens is 1. The summed E-state index contributed by atoms with van der Waals surface area (Å²) in [7, 11) is 0. The van der Waals surface area contributed by atoms with Crippen molar-refractivity contribution < 1.29 is 4.79 Å². The zero-order valence-corrected chi connectivity index (χ0v) is 12.3. The van der Waals surface area contributed by atoms with Crippen molar-refractivity contribution in [2.45, 2.75) is 25.8 Å². The molecule has 20 heavy (non-hydrogen) atoms. The van der Waals surface area contributed by atoms with Crippen LogP contribution in [0.15, 0.2) is 12.1 Å². The molecule has 0 unspecified atom stereocenters. The van der Waals surface area contributed by atoms with Crippen LogP contribution in [0.3, 0.4) is 0 Å². The summed E-state index contributed by atoms with van der Waals surface area (Å²) in [5.74, 6) is 5.40. The zero-order chi connectivity index (χ0) is 14.5. The molecule has 0 aromatic carbocycles. The molecule has 0 bridgehead atoms. The number of amides is 1. The molecule has 1 fully saturated rings. The number of carbonyl (C=O) groups excluding carboxylic acids is 1. The lowest BCUT2D eigenvalue weighted by molar-refractivity contribution is 0.0943. The fraction of sp³-hybridized carbons (Fsp3) is 0.538. The number of hydrazine groups is 1. The van der Waals surface area contributed by atoms with Gasteiger partial charge in [-0.05, 0) is 31.5 Å². The third-order valence-corrected chi connectivity index (χ3v) is 3.67. The van der Waals surface area contributed by atoms with E-state index in [9.17, 15) is 4.79 Å². The van der Waals surface area contributed by atoms with Gasteiger partial charge in [0.15, 0.2) is 0 Å². The quantitative estimate of drug-likeness (QED) is 0.521. The minimum absolute atomic E-state index is 0.191. The maximum Gasteiger partial charge on any atom is 0.271 e. The Morgan fingerprint density at radius 2 is 2.30 bits per heavy atom. The van der Waals surface area contributed by atoms with Gasteiger partial charge < -0.3 is 10.7 Å². The number of pyridine rings is 1. The fourth-order valence-corrected chi connectivity index (χ4v) is 2.31. The SMILES string of the molecule is CCN(CCNC(=O)c1nc(NN)ccc1Cl)C1CC1. The molecule has 0 radical (unpaired) electrons. The number of halogens is 1. The Bertz CT molecular complexity index is 478. The van der Waals surface area contributed by atoms with E-state index in [1.165, 1.54) is 12.8 Å². The Hall–Kier alpha value is -1.37. The lowest BCUT2D eigenvalue weighted by Crippen LogP contribution is -2.36. The van der Waals surface area contributed by atoms with Crippen LogP contribution in [0.5, 0.6) is 0 Å². The molecule has 0 spiro atoms. The molecule has 1 aliphatic rings. The summed E-state index contributed by atoms with van der Waals surface area (Å²) >= 11 is 5.97. The Kier molecular flexibility index (Phi) is 5.17. The highest BCUT2D eigenvalue weighted by molar-refractivity contribution is 6.33. The number of likely N-dealkylation sites (N-methyl/N-ethyl adjacent to an activating group) is 1. The standard InChI is InChI=1S/C13H20ClN5O/c1-2-19(9-3-4-9)8-7-16-13(20)12-10(14)5-6-11(17-12)18-15/h5-6,9H,2-4,7-8,15H2,1H3,(H,16,20)(H,17,18). The number of nitrogens with zero attached hydrogens (tertiary/aromatic N) is 2. The van der Waals surface area contributed by atoms with Gasteiger partial charge in [-0.3, -0.25) is 9.69 Å². The Labute approximate surface area is 123 Å². The van der Waals surface area contributed by atoms with Gasteiger partial charge in [-0.2, -0.15) is 0 Å². The smallest absolute Gasteiger partial charge is 0.271 e. The van der Waals surface area contributed by atoms with Crippen molar-refractivity contribution in [3.05, 3.63) is 22.8 Å². The molecule has 7 heteroatoms. The number of rotatable bonds is 7. The summed E-state index contributed by atoms with van der Waals surface area (Å²) in [6.07, 6.45) is 2.53. The molecule has 0 aliphatic heterocycles. The van der Waals surface area contributed by atoms with E-state index in [1.807, 2.05) is 0 Å². The van der Waals surface area contributed by atoms with Gasteiger partial charge in [0.1, 0.15) is 11.5 Å². The van der Waals surface area contributed by atoms with Gasteiger partial charge in [-0.1, -0.05) is 18.5 Å². The Morgan fingerprint density at radius 1 is 1.55 bits per heavy atom. The summed E-state index contributed by atoms with van der Waals surface area (Å²) < 4.78 is 0. The number of anilines is 1. The molecule has 1 aliphatic carbocycles. The largest absolute Gasteiger partial charge is 0.349 e. The summed E-state index contributed by atoms with van der Waals surface area (Å²) in [6.45, 7) is 4.57. The maximum atomic E-state index is 12.0. The topological polar surface area (TPSA) is 83.3 Å². The van der Waals surface area contributed by atoms with Crippen LogP contribution in [0.25, 0.3) is 0 Å². The van der Waals surface area contributed by atoms with Gasteiger partial charge in [0.05, 0.1) is 5.02 Å². The number of nitrogens with one attached hydrogen (secondary N) is 2. The van der Waals surface area contributed by atoms with Gasteiger partial charge in [0.25, 0.3) is 5.91 Å². The molecule has 6 nitrogen and oxygen atoms in total. The second kappa shape index (κ2) is 6.88. The first-order valence-corrected chi connectivity index (χ1v) is 7.19. The van der Waals surface area contributed by atoms with E-state index < -0.39 is 0 Å². The van der Waals surface area contributed by atoms with E-state index in [0.717, 1.165) is 13.1 Å². The molecule has 1 heterocycles. The predicted molar refractivity (Wildman–Crippen MR) is 79.7 cm³/mol. The maximum absolute atomic E-state index is 12.0. The number of hydrogen-bond acceptors (Lipinski definition) is 5. The van der Waals surface area contributed by atoms with Crippen LogP contribution in [0, 0.1) is 0 Å². The number of nitrogen functional groups attached to an aromatic ring is 1. The van der Waals surface area contributed by atoms with Gasteiger partial charge >= 0.3 is 0 Å². The highest BCUT2D eigenvalue weighted by Gasteiger charge is 2.27.